The normalized spacial score (nSPS) is 18.7. The predicted molar refractivity (Wildman–Crippen MR) is 137 cm³/mol. The smallest absolute Gasteiger partial charge is 0.255 e. The van der Waals surface area contributed by atoms with Crippen LogP contribution >= 0.6 is 0 Å². The molecule has 3 aromatic rings. The standard InChI is InChI=1S/C28H35N3O4/c1-2-33-14-12-31-27-16-25(35-24-7-4-3-5-8-24)11-10-21(27)15-22(28(31)32)18-30-19-23(20-30)29-17-26-9-6-13-34-26/h3-5,7-8,10-11,15-16,23,26,29H,2,6,9,12-14,17-20H2,1H3. The Hall–Kier alpha value is -2.71. The number of hydrogen-bond acceptors (Lipinski definition) is 6. The molecule has 2 aromatic carbocycles. The van der Waals surface area contributed by atoms with Crippen LogP contribution in [0.3, 0.4) is 0 Å². The van der Waals surface area contributed by atoms with Gasteiger partial charge in [0.05, 0.1) is 18.2 Å². The number of fused-ring (bicyclic) bond motifs is 1. The van der Waals surface area contributed by atoms with E-state index >= 15 is 0 Å². The van der Waals surface area contributed by atoms with E-state index in [0.717, 1.165) is 54.9 Å². The fourth-order valence-corrected chi connectivity index (χ4v) is 4.91. The van der Waals surface area contributed by atoms with Crippen LogP contribution in [0.1, 0.15) is 25.3 Å². The Morgan fingerprint density at radius 1 is 1.09 bits per heavy atom. The Balaban J connectivity index is 1.31. The van der Waals surface area contributed by atoms with E-state index in [1.54, 1.807) is 0 Å². The summed E-state index contributed by atoms with van der Waals surface area (Å²) in [5.41, 5.74) is 1.74. The topological polar surface area (TPSA) is 65.0 Å². The maximum Gasteiger partial charge on any atom is 0.255 e. The van der Waals surface area contributed by atoms with Crippen molar-refractivity contribution in [2.24, 2.45) is 0 Å². The quantitative estimate of drug-likeness (QED) is 0.424. The molecule has 2 saturated heterocycles. The van der Waals surface area contributed by atoms with E-state index in [0.29, 0.717) is 44.2 Å². The number of pyridine rings is 1. The number of benzene rings is 2. The highest BCUT2D eigenvalue weighted by atomic mass is 16.5. The molecule has 7 heteroatoms. The fourth-order valence-electron chi connectivity index (χ4n) is 4.91. The molecule has 0 amide bonds. The van der Waals surface area contributed by atoms with Gasteiger partial charge in [-0.3, -0.25) is 9.69 Å². The molecule has 1 aromatic heterocycles. The lowest BCUT2D eigenvalue weighted by atomic mass is 10.1. The van der Waals surface area contributed by atoms with Gasteiger partial charge in [-0.15, -0.1) is 0 Å². The van der Waals surface area contributed by atoms with Gasteiger partial charge in [0, 0.05) is 63.6 Å². The first kappa shape index (κ1) is 24.0. The van der Waals surface area contributed by atoms with Crippen molar-refractivity contribution in [3.8, 4) is 11.5 Å². The van der Waals surface area contributed by atoms with Crippen molar-refractivity contribution >= 4 is 10.9 Å². The van der Waals surface area contributed by atoms with Crippen LogP contribution in [0.25, 0.3) is 10.9 Å². The first-order valence-electron chi connectivity index (χ1n) is 12.7. The Labute approximate surface area is 206 Å². The van der Waals surface area contributed by atoms with Crippen molar-refractivity contribution in [1.82, 2.24) is 14.8 Å². The molecule has 0 aliphatic carbocycles. The van der Waals surface area contributed by atoms with Gasteiger partial charge in [0.1, 0.15) is 11.5 Å². The number of nitrogens with one attached hydrogen (secondary N) is 1. The SMILES string of the molecule is CCOCCn1c(=O)c(CN2CC(NCC3CCCO3)C2)cc2ccc(Oc3ccccc3)cc21. The third kappa shape index (κ3) is 5.93. The number of aromatic nitrogens is 1. The minimum absolute atomic E-state index is 0.0461. The molecule has 3 heterocycles. The van der Waals surface area contributed by atoms with E-state index in [-0.39, 0.29) is 5.56 Å². The van der Waals surface area contributed by atoms with Crippen LogP contribution in [0.2, 0.25) is 0 Å². The molecule has 0 saturated carbocycles. The summed E-state index contributed by atoms with van der Waals surface area (Å²) in [6.45, 7) is 7.98. The summed E-state index contributed by atoms with van der Waals surface area (Å²) < 4.78 is 19.2. The Bertz CT molecular complexity index is 1170. The Morgan fingerprint density at radius 2 is 1.94 bits per heavy atom. The van der Waals surface area contributed by atoms with E-state index in [9.17, 15) is 4.79 Å². The summed E-state index contributed by atoms with van der Waals surface area (Å²) in [6.07, 6.45) is 2.68. The molecule has 2 fully saturated rings. The van der Waals surface area contributed by atoms with Crippen molar-refractivity contribution in [2.75, 3.05) is 39.5 Å². The zero-order valence-corrected chi connectivity index (χ0v) is 20.4. The minimum atomic E-state index is 0.0461. The van der Waals surface area contributed by atoms with Gasteiger partial charge in [-0.1, -0.05) is 18.2 Å². The molecule has 0 radical (unpaired) electrons. The van der Waals surface area contributed by atoms with Gasteiger partial charge in [0.25, 0.3) is 5.56 Å². The monoisotopic (exact) mass is 477 g/mol. The Kier molecular flexibility index (Phi) is 7.79. The van der Waals surface area contributed by atoms with Crippen LogP contribution in [0, 0.1) is 0 Å². The molecule has 1 unspecified atom stereocenters. The molecular weight excluding hydrogens is 442 g/mol. The summed E-state index contributed by atoms with van der Waals surface area (Å²) in [6, 6.07) is 18.1. The highest BCUT2D eigenvalue weighted by molar-refractivity contribution is 5.81. The predicted octanol–water partition coefficient (Wildman–Crippen LogP) is 3.78. The molecule has 1 N–H and O–H groups in total. The molecule has 35 heavy (non-hydrogen) atoms. The third-order valence-electron chi connectivity index (χ3n) is 6.79. The maximum absolute atomic E-state index is 13.5. The van der Waals surface area contributed by atoms with Gasteiger partial charge in [-0.05, 0) is 55.5 Å². The highest BCUT2D eigenvalue weighted by Gasteiger charge is 2.28. The van der Waals surface area contributed by atoms with Crippen LogP contribution in [-0.2, 0) is 22.6 Å². The van der Waals surface area contributed by atoms with Crippen molar-refractivity contribution in [3.63, 3.8) is 0 Å². The Morgan fingerprint density at radius 3 is 2.71 bits per heavy atom. The van der Waals surface area contributed by atoms with Crippen LogP contribution in [0.4, 0.5) is 0 Å². The molecule has 2 aliphatic heterocycles. The number of ether oxygens (including phenoxy) is 3. The van der Waals surface area contributed by atoms with Gasteiger partial charge >= 0.3 is 0 Å². The van der Waals surface area contributed by atoms with Crippen molar-refractivity contribution in [1.29, 1.82) is 0 Å². The van der Waals surface area contributed by atoms with Gasteiger partial charge in [0.2, 0.25) is 0 Å². The van der Waals surface area contributed by atoms with Crippen molar-refractivity contribution in [2.45, 2.75) is 45.0 Å². The van der Waals surface area contributed by atoms with Crippen LogP contribution in [-0.4, -0.2) is 61.1 Å². The molecule has 0 bridgehead atoms. The molecule has 5 rings (SSSR count). The molecule has 2 aliphatic rings. The first-order chi connectivity index (χ1) is 17.2. The zero-order valence-electron chi connectivity index (χ0n) is 20.4. The lowest BCUT2D eigenvalue weighted by molar-refractivity contribution is 0.0800. The van der Waals surface area contributed by atoms with Crippen molar-refractivity contribution in [3.05, 3.63) is 70.5 Å². The van der Waals surface area contributed by atoms with Gasteiger partial charge in [-0.2, -0.15) is 0 Å². The van der Waals surface area contributed by atoms with Gasteiger partial charge in [-0.25, -0.2) is 0 Å². The van der Waals surface area contributed by atoms with Gasteiger partial charge in [0.15, 0.2) is 0 Å². The largest absolute Gasteiger partial charge is 0.457 e. The zero-order chi connectivity index (χ0) is 24.0. The summed E-state index contributed by atoms with van der Waals surface area (Å²) in [7, 11) is 0. The van der Waals surface area contributed by atoms with E-state index in [2.05, 4.69) is 10.2 Å². The summed E-state index contributed by atoms with van der Waals surface area (Å²) >= 11 is 0. The third-order valence-corrected chi connectivity index (χ3v) is 6.79. The highest BCUT2D eigenvalue weighted by Crippen LogP contribution is 2.26. The summed E-state index contributed by atoms with van der Waals surface area (Å²) in [5.74, 6) is 1.48. The van der Waals surface area contributed by atoms with Crippen LogP contribution in [0.5, 0.6) is 11.5 Å². The van der Waals surface area contributed by atoms with Crippen LogP contribution in [0.15, 0.2) is 59.4 Å². The van der Waals surface area contributed by atoms with E-state index in [1.807, 2.05) is 66.1 Å². The molecular formula is C28H35N3O4. The first-order valence-corrected chi connectivity index (χ1v) is 12.7. The van der Waals surface area contributed by atoms with Crippen LogP contribution < -0.4 is 15.6 Å². The second-order valence-electron chi connectivity index (χ2n) is 9.39. The number of hydrogen-bond donors (Lipinski definition) is 1. The number of para-hydroxylation sites is 1. The second kappa shape index (κ2) is 11.4. The lowest BCUT2D eigenvalue weighted by Crippen LogP contribution is -2.58. The average Bonchev–Trinajstić information content (AvgIpc) is 3.37. The minimum Gasteiger partial charge on any atom is -0.457 e. The van der Waals surface area contributed by atoms with E-state index in [1.165, 1.54) is 6.42 Å². The molecule has 0 spiro atoms. The van der Waals surface area contributed by atoms with Crippen molar-refractivity contribution < 1.29 is 14.2 Å². The molecule has 1 atom stereocenters. The average molecular weight is 478 g/mol. The number of likely N-dealkylation sites (tertiary alicyclic amines) is 1. The summed E-state index contributed by atoms with van der Waals surface area (Å²) in [5, 5.41) is 4.64. The number of rotatable bonds is 11. The maximum atomic E-state index is 13.5. The fraction of sp³-hybridized carbons (Fsp3) is 0.464. The van der Waals surface area contributed by atoms with Gasteiger partial charge < -0.3 is 24.1 Å². The second-order valence-corrected chi connectivity index (χ2v) is 9.39. The summed E-state index contributed by atoms with van der Waals surface area (Å²) in [4.78, 5) is 15.8. The molecule has 186 valence electrons. The van der Waals surface area contributed by atoms with E-state index < -0.39 is 0 Å². The van der Waals surface area contributed by atoms with E-state index in [4.69, 9.17) is 14.2 Å². The molecule has 7 nitrogen and oxygen atoms in total. The number of nitrogens with zero attached hydrogens (tertiary/aromatic N) is 2. The lowest BCUT2D eigenvalue weighted by Gasteiger charge is -2.40.